The van der Waals surface area contributed by atoms with Crippen LogP contribution in [-0.2, 0) is 26.3 Å². The molecule has 0 aliphatic heterocycles. The Morgan fingerprint density at radius 3 is 1.93 bits per heavy atom. The van der Waals surface area contributed by atoms with Crippen LogP contribution in [0, 0.1) is 0 Å². The molecule has 4 aromatic carbocycles. The van der Waals surface area contributed by atoms with Crippen molar-refractivity contribution in [3.8, 4) is 5.75 Å². The van der Waals surface area contributed by atoms with Gasteiger partial charge in [-0.2, -0.15) is 0 Å². The van der Waals surface area contributed by atoms with Gasteiger partial charge in [-0.25, -0.2) is 0 Å². The molecule has 1 unspecified atom stereocenters. The molecule has 0 saturated heterocycles. The fourth-order valence-corrected chi connectivity index (χ4v) is 5.12. The van der Waals surface area contributed by atoms with Gasteiger partial charge in [0.15, 0.2) is 0 Å². The first kappa shape index (κ1) is 27.2. The number of amides is 1. The lowest BCUT2D eigenvalue weighted by Crippen LogP contribution is -2.37. The van der Waals surface area contributed by atoms with Crippen LogP contribution < -0.4 is 10.5 Å². The van der Waals surface area contributed by atoms with E-state index in [0.717, 1.165) is 39.0 Å². The van der Waals surface area contributed by atoms with Crippen LogP contribution >= 0.6 is 0 Å². The Labute approximate surface area is 234 Å². The second kappa shape index (κ2) is 12.6. The molecular weight excluding hydrogens is 502 g/mol. The van der Waals surface area contributed by atoms with Crippen LogP contribution in [0.15, 0.2) is 120 Å². The first-order chi connectivity index (χ1) is 19.6. The number of fused-ring (bicyclic) bond motifs is 1. The van der Waals surface area contributed by atoms with Gasteiger partial charge in [-0.3, -0.25) is 4.79 Å². The molecule has 0 radical (unpaired) electrons. The van der Waals surface area contributed by atoms with Crippen molar-refractivity contribution in [1.29, 1.82) is 0 Å². The fourth-order valence-electron chi connectivity index (χ4n) is 5.12. The van der Waals surface area contributed by atoms with Gasteiger partial charge < -0.3 is 24.4 Å². The number of hydrogen-bond donors (Lipinski definition) is 1. The van der Waals surface area contributed by atoms with Crippen molar-refractivity contribution >= 4 is 16.9 Å². The number of methoxy groups -OCH3 is 1. The van der Waals surface area contributed by atoms with Gasteiger partial charge in [0.05, 0.1) is 26.6 Å². The van der Waals surface area contributed by atoms with Gasteiger partial charge in [0.25, 0.3) is 0 Å². The Hall–Kier alpha value is -4.39. The van der Waals surface area contributed by atoms with Gasteiger partial charge >= 0.3 is 0 Å². The van der Waals surface area contributed by atoms with E-state index in [-0.39, 0.29) is 13.2 Å². The molecule has 0 aliphatic carbocycles. The van der Waals surface area contributed by atoms with E-state index in [9.17, 15) is 4.79 Å². The minimum absolute atomic E-state index is 0.244. The van der Waals surface area contributed by atoms with E-state index >= 15 is 0 Å². The van der Waals surface area contributed by atoms with Crippen LogP contribution in [0.25, 0.3) is 11.0 Å². The summed E-state index contributed by atoms with van der Waals surface area (Å²) >= 11 is 0. The van der Waals surface area contributed by atoms with Crippen LogP contribution in [0.3, 0.4) is 0 Å². The predicted octanol–water partition coefficient (Wildman–Crippen LogP) is 6.25. The van der Waals surface area contributed by atoms with E-state index in [2.05, 4.69) is 36.4 Å². The number of carbonyl (C=O) groups is 1. The van der Waals surface area contributed by atoms with Crippen LogP contribution in [0.1, 0.15) is 28.7 Å². The molecular formula is C34H33NO5. The molecule has 2 N–H and O–H groups in total. The summed E-state index contributed by atoms with van der Waals surface area (Å²) in [5.41, 5.74) is 9.55. The van der Waals surface area contributed by atoms with E-state index < -0.39 is 17.6 Å². The summed E-state index contributed by atoms with van der Waals surface area (Å²) in [5.74, 6) is 0.219. The van der Waals surface area contributed by atoms with Crippen molar-refractivity contribution in [2.45, 2.75) is 24.5 Å². The van der Waals surface area contributed by atoms with Crippen molar-refractivity contribution in [1.82, 2.24) is 0 Å². The zero-order valence-corrected chi connectivity index (χ0v) is 22.5. The Bertz CT molecular complexity index is 1420. The topological polar surface area (TPSA) is 83.9 Å². The number of rotatable bonds is 13. The number of carbonyl (C=O) groups excluding carboxylic acids is 1. The van der Waals surface area contributed by atoms with E-state index in [0.29, 0.717) is 12.8 Å². The SMILES string of the molecule is COc1cc2ccoc2cc1CCOC(CCOC(c1ccccc1)(c1ccccc1)c1ccccc1)C(N)=O. The van der Waals surface area contributed by atoms with Crippen molar-refractivity contribution in [2.24, 2.45) is 5.73 Å². The number of nitrogens with two attached hydrogens (primary N) is 1. The lowest BCUT2D eigenvalue weighted by molar-refractivity contribution is -0.131. The summed E-state index contributed by atoms with van der Waals surface area (Å²) in [4.78, 5) is 12.4. The third kappa shape index (κ3) is 5.78. The molecule has 0 saturated carbocycles. The second-order valence-electron chi connectivity index (χ2n) is 9.55. The van der Waals surface area contributed by atoms with Gasteiger partial charge in [0.2, 0.25) is 5.91 Å². The number of primary amides is 1. The molecule has 6 nitrogen and oxygen atoms in total. The van der Waals surface area contributed by atoms with Gasteiger partial charge in [0.1, 0.15) is 23.0 Å². The second-order valence-corrected chi connectivity index (χ2v) is 9.55. The number of hydrogen-bond acceptors (Lipinski definition) is 5. The molecule has 1 heterocycles. The van der Waals surface area contributed by atoms with Crippen molar-refractivity contribution in [3.63, 3.8) is 0 Å². The van der Waals surface area contributed by atoms with Crippen molar-refractivity contribution in [3.05, 3.63) is 138 Å². The Kier molecular flexibility index (Phi) is 8.59. The Morgan fingerprint density at radius 2 is 1.40 bits per heavy atom. The molecule has 1 atom stereocenters. The smallest absolute Gasteiger partial charge is 0.246 e. The summed E-state index contributed by atoms with van der Waals surface area (Å²) < 4.78 is 23.9. The summed E-state index contributed by atoms with van der Waals surface area (Å²) in [7, 11) is 1.63. The molecule has 5 aromatic rings. The van der Waals surface area contributed by atoms with Crippen molar-refractivity contribution in [2.75, 3.05) is 20.3 Å². The number of ether oxygens (including phenoxy) is 3. The lowest BCUT2D eigenvalue weighted by atomic mass is 9.80. The van der Waals surface area contributed by atoms with E-state index in [1.807, 2.05) is 72.8 Å². The average Bonchev–Trinajstić information content (AvgIpc) is 3.46. The standard InChI is InChI=1S/C34H33NO5/c1-37-31-23-26-18-21-39-32(26)24-25(31)17-20-38-30(33(35)36)19-22-40-34(27-11-5-2-6-12-27,28-13-7-3-8-14-28)29-15-9-4-10-16-29/h2-16,18,21,23-24,30H,17,19-20,22H2,1H3,(H2,35,36). The summed E-state index contributed by atoms with van der Waals surface area (Å²) in [5, 5.41) is 0.965. The molecule has 0 aliphatic rings. The van der Waals surface area contributed by atoms with E-state index in [1.54, 1.807) is 13.4 Å². The Balaban J connectivity index is 1.34. The van der Waals surface area contributed by atoms with Crippen LogP contribution in [-0.4, -0.2) is 32.3 Å². The van der Waals surface area contributed by atoms with Crippen LogP contribution in [0.5, 0.6) is 5.75 Å². The largest absolute Gasteiger partial charge is 0.496 e. The van der Waals surface area contributed by atoms with Crippen LogP contribution in [0.2, 0.25) is 0 Å². The average molecular weight is 536 g/mol. The molecule has 0 spiro atoms. The zero-order valence-electron chi connectivity index (χ0n) is 22.5. The van der Waals surface area contributed by atoms with Gasteiger partial charge in [-0.05, 0) is 41.3 Å². The molecule has 0 bridgehead atoms. The van der Waals surface area contributed by atoms with E-state index in [1.165, 1.54) is 0 Å². The first-order valence-electron chi connectivity index (χ1n) is 13.4. The number of furan rings is 1. The highest BCUT2D eigenvalue weighted by atomic mass is 16.5. The van der Waals surface area contributed by atoms with Gasteiger partial charge in [0, 0.05) is 17.4 Å². The quantitative estimate of drug-likeness (QED) is 0.180. The summed E-state index contributed by atoms with van der Waals surface area (Å²) in [6.45, 7) is 0.533. The molecule has 6 heteroatoms. The summed E-state index contributed by atoms with van der Waals surface area (Å²) in [6, 6.07) is 36.1. The third-order valence-electron chi connectivity index (χ3n) is 7.10. The van der Waals surface area contributed by atoms with Gasteiger partial charge in [-0.15, -0.1) is 0 Å². The highest BCUT2D eigenvalue weighted by Gasteiger charge is 2.37. The lowest BCUT2D eigenvalue weighted by Gasteiger charge is -2.36. The Morgan fingerprint density at radius 1 is 0.825 bits per heavy atom. The maximum absolute atomic E-state index is 12.4. The first-order valence-corrected chi connectivity index (χ1v) is 13.4. The molecule has 5 rings (SSSR count). The van der Waals surface area contributed by atoms with Gasteiger partial charge in [-0.1, -0.05) is 91.0 Å². The minimum atomic E-state index is -0.877. The fraction of sp³-hybridized carbons (Fsp3) is 0.206. The maximum atomic E-state index is 12.4. The highest BCUT2D eigenvalue weighted by molar-refractivity contribution is 5.80. The molecule has 1 amide bonds. The van der Waals surface area contributed by atoms with E-state index in [4.69, 9.17) is 24.4 Å². The molecule has 40 heavy (non-hydrogen) atoms. The maximum Gasteiger partial charge on any atom is 0.246 e. The highest BCUT2D eigenvalue weighted by Crippen LogP contribution is 2.40. The predicted molar refractivity (Wildman–Crippen MR) is 155 cm³/mol. The molecule has 1 aromatic heterocycles. The van der Waals surface area contributed by atoms with Crippen LogP contribution in [0.4, 0.5) is 0 Å². The number of benzene rings is 4. The summed E-state index contributed by atoms with van der Waals surface area (Å²) in [6.07, 6.45) is 1.68. The normalized spacial score (nSPS) is 12.3. The third-order valence-corrected chi connectivity index (χ3v) is 7.10. The monoisotopic (exact) mass is 535 g/mol. The minimum Gasteiger partial charge on any atom is -0.496 e. The molecule has 0 fully saturated rings. The van der Waals surface area contributed by atoms with Crippen molar-refractivity contribution < 1.29 is 23.4 Å². The zero-order chi connectivity index (χ0) is 27.8. The molecule has 204 valence electrons.